The van der Waals surface area contributed by atoms with E-state index in [4.69, 9.17) is 23.2 Å². The van der Waals surface area contributed by atoms with Crippen LogP contribution in [0.15, 0.2) is 18.2 Å². The van der Waals surface area contributed by atoms with Crippen LogP contribution in [-0.2, 0) is 0 Å². The zero-order chi connectivity index (χ0) is 11.2. The van der Waals surface area contributed by atoms with Gasteiger partial charge in [-0.2, -0.15) is 0 Å². The molecule has 0 radical (unpaired) electrons. The van der Waals surface area contributed by atoms with E-state index < -0.39 is 9.26 Å². The third-order valence-electron chi connectivity index (χ3n) is 2.68. The van der Waals surface area contributed by atoms with Crippen LogP contribution in [0, 0.1) is 17.0 Å². The second-order valence-corrected chi connectivity index (χ2v) is 5.36. The SMILES string of the molecule is Cc1ccc([N+](=O)[O-])cc1C1CC1(Cl)Cl. The molecule has 0 N–H and O–H groups in total. The van der Waals surface area contributed by atoms with Crippen molar-refractivity contribution in [2.24, 2.45) is 0 Å². The summed E-state index contributed by atoms with van der Waals surface area (Å²) in [5.74, 6) is 0.0285. The van der Waals surface area contributed by atoms with Crippen LogP contribution < -0.4 is 0 Å². The predicted octanol–water partition coefficient (Wildman–Crippen LogP) is 3.56. The van der Waals surface area contributed by atoms with Crippen molar-refractivity contribution in [3.63, 3.8) is 0 Å². The fourth-order valence-corrected chi connectivity index (χ4v) is 2.21. The number of benzene rings is 1. The van der Waals surface area contributed by atoms with Gasteiger partial charge in [0, 0.05) is 18.1 Å². The zero-order valence-corrected chi connectivity index (χ0v) is 9.55. The van der Waals surface area contributed by atoms with Gasteiger partial charge >= 0.3 is 0 Å². The molecule has 0 aliphatic heterocycles. The van der Waals surface area contributed by atoms with Crippen molar-refractivity contribution in [2.75, 3.05) is 0 Å². The highest BCUT2D eigenvalue weighted by molar-refractivity contribution is 6.51. The van der Waals surface area contributed by atoms with Crippen LogP contribution in [0.2, 0.25) is 0 Å². The molecular weight excluding hydrogens is 237 g/mol. The Morgan fingerprint density at radius 2 is 2.13 bits per heavy atom. The molecular formula is C10H9Cl2NO2. The topological polar surface area (TPSA) is 43.1 Å². The summed E-state index contributed by atoms with van der Waals surface area (Å²) >= 11 is 11.9. The molecule has 1 aliphatic rings. The van der Waals surface area contributed by atoms with Crippen LogP contribution >= 0.6 is 23.2 Å². The van der Waals surface area contributed by atoms with Gasteiger partial charge in [0.1, 0.15) is 4.33 Å². The van der Waals surface area contributed by atoms with E-state index in [2.05, 4.69) is 0 Å². The van der Waals surface area contributed by atoms with E-state index in [0.717, 1.165) is 11.1 Å². The molecule has 0 saturated heterocycles. The van der Waals surface area contributed by atoms with E-state index in [1.54, 1.807) is 12.1 Å². The molecule has 0 aromatic heterocycles. The van der Waals surface area contributed by atoms with Crippen molar-refractivity contribution in [2.45, 2.75) is 23.6 Å². The Bertz CT molecular complexity index is 431. The van der Waals surface area contributed by atoms with E-state index in [9.17, 15) is 10.1 Å². The first-order valence-electron chi connectivity index (χ1n) is 4.54. The van der Waals surface area contributed by atoms with Crippen molar-refractivity contribution >= 4 is 28.9 Å². The van der Waals surface area contributed by atoms with E-state index in [1.165, 1.54) is 6.07 Å². The number of hydrogen-bond acceptors (Lipinski definition) is 2. The normalized spacial score (nSPS) is 22.5. The predicted molar refractivity (Wildman–Crippen MR) is 59.6 cm³/mol. The van der Waals surface area contributed by atoms with Crippen molar-refractivity contribution in [3.05, 3.63) is 39.4 Å². The number of rotatable bonds is 2. The fraction of sp³-hybridized carbons (Fsp3) is 0.400. The molecule has 1 fully saturated rings. The minimum absolute atomic E-state index is 0.0285. The summed E-state index contributed by atoms with van der Waals surface area (Å²) < 4.78 is -0.736. The van der Waals surface area contributed by atoms with Crippen LogP contribution in [0.3, 0.4) is 0 Å². The smallest absolute Gasteiger partial charge is 0.258 e. The van der Waals surface area contributed by atoms with E-state index >= 15 is 0 Å². The maximum Gasteiger partial charge on any atom is 0.269 e. The first-order chi connectivity index (χ1) is 6.92. The first-order valence-corrected chi connectivity index (χ1v) is 5.30. The van der Waals surface area contributed by atoms with Crippen molar-refractivity contribution in [1.82, 2.24) is 0 Å². The van der Waals surface area contributed by atoms with E-state index in [-0.39, 0.29) is 11.6 Å². The standard InChI is InChI=1S/C10H9Cl2NO2/c1-6-2-3-7(13(14)15)4-8(6)9-5-10(9,11)12/h2-4,9H,5H2,1H3. The number of hydrogen-bond donors (Lipinski definition) is 0. The first kappa shape index (κ1) is 10.7. The van der Waals surface area contributed by atoms with E-state index in [1.807, 2.05) is 6.92 Å². The summed E-state index contributed by atoms with van der Waals surface area (Å²) in [6.07, 6.45) is 0.665. The number of nitrogens with zero attached hydrogens (tertiary/aromatic N) is 1. The summed E-state index contributed by atoms with van der Waals surface area (Å²) in [4.78, 5) is 10.2. The largest absolute Gasteiger partial charge is 0.269 e. The second-order valence-electron chi connectivity index (χ2n) is 3.82. The molecule has 0 spiro atoms. The van der Waals surface area contributed by atoms with Gasteiger partial charge in [0.15, 0.2) is 0 Å². The number of aryl methyl sites for hydroxylation is 1. The zero-order valence-electron chi connectivity index (χ0n) is 8.04. The average Bonchev–Trinajstić information content (AvgIpc) is 2.75. The third kappa shape index (κ3) is 1.94. The van der Waals surface area contributed by atoms with E-state index in [0.29, 0.717) is 6.42 Å². The number of halogens is 2. The summed E-state index contributed by atoms with van der Waals surface area (Å²) in [5.41, 5.74) is 1.97. The Balaban J connectivity index is 2.39. The molecule has 1 saturated carbocycles. The van der Waals surface area contributed by atoms with Gasteiger partial charge < -0.3 is 0 Å². The lowest BCUT2D eigenvalue weighted by Crippen LogP contribution is -1.96. The molecule has 1 aliphatic carbocycles. The lowest BCUT2D eigenvalue weighted by atomic mass is 10.0. The summed E-state index contributed by atoms with van der Waals surface area (Å²) in [5, 5.41) is 10.6. The third-order valence-corrected chi connectivity index (χ3v) is 3.51. The van der Waals surface area contributed by atoms with Gasteiger partial charge in [-0.05, 0) is 24.5 Å². The number of nitro benzene ring substituents is 1. The van der Waals surface area contributed by atoms with Crippen LogP contribution in [0.4, 0.5) is 5.69 Å². The molecule has 0 bridgehead atoms. The van der Waals surface area contributed by atoms with Crippen LogP contribution in [0.5, 0.6) is 0 Å². The minimum Gasteiger partial charge on any atom is -0.258 e. The lowest BCUT2D eigenvalue weighted by Gasteiger charge is -2.05. The monoisotopic (exact) mass is 245 g/mol. The number of nitro groups is 1. The van der Waals surface area contributed by atoms with Gasteiger partial charge in [0.2, 0.25) is 0 Å². The minimum atomic E-state index is -0.736. The molecule has 3 nitrogen and oxygen atoms in total. The summed E-state index contributed by atoms with van der Waals surface area (Å²) in [6.45, 7) is 1.90. The lowest BCUT2D eigenvalue weighted by molar-refractivity contribution is -0.384. The molecule has 1 aromatic carbocycles. The number of alkyl halides is 2. The molecule has 1 unspecified atom stereocenters. The van der Waals surface area contributed by atoms with Gasteiger partial charge in [0.25, 0.3) is 5.69 Å². The Hall–Kier alpha value is -0.800. The molecule has 1 aromatic rings. The summed E-state index contributed by atoms with van der Waals surface area (Å²) in [7, 11) is 0. The highest BCUT2D eigenvalue weighted by Crippen LogP contribution is 2.60. The number of non-ortho nitro benzene ring substituents is 1. The Morgan fingerprint density at radius 3 is 2.60 bits per heavy atom. The molecule has 2 rings (SSSR count). The molecule has 5 heteroatoms. The maximum atomic E-state index is 10.6. The molecule has 15 heavy (non-hydrogen) atoms. The molecule has 1 atom stereocenters. The Labute approximate surface area is 97.1 Å². The second kappa shape index (κ2) is 3.35. The van der Waals surface area contributed by atoms with Crippen molar-refractivity contribution in [3.8, 4) is 0 Å². The van der Waals surface area contributed by atoms with Gasteiger partial charge in [-0.25, -0.2) is 0 Å². The fourth-order valence-electron chi connectivity index (χ4n) is 1.67. The Kier molecular flexibility index (Phi) is 2.40. The van der Waals surface area contributed by atoms with Crippen LogP contribution in [0.1, 0.15) is 23.5 Å². The van der Waals surface area contributed by atoms with Crippen molar-refractivity contribution < 1.29 is 4.92 Å². The van der Waals surface area contributed by atoms with Gasteiger partial charge in [-0.15, -0.1) is 23.2 Å². The quantitative estimate of drug-likeness (QED) is 0.454. The van der Waals surface area contributed by atoms with Crippen LogP contribution in [-0.4, -0.2) is 9.26 Å². The maximum absolute atomic E-state index is 10.6. The molecule has 0 amide bonds. The average molecular weight is 246 g/mol. The van der Waals surface area contributed by atoms with Gasteiger partial charge in [-0.1, -0.05) is 6.07 Å². The highest BCUT2D eigenvalue weighted by Gasteiger charge is 2.53. The molecule has 0 heterocycles. The Morgan fingerprint density at radius 1 is 1.53 bits per heavy atom. The van der Waals surface area contributed by atoms with Gasteiger partial charge in [-0.3, -0.25) is 10.1 Å². The molecule has 80 valence electrons. The van der Waals surface area contributed by atoms with Gasteiger partial charge in [0.05, 0.1) is 4.92 Å². The van der Waals surface area contributed by atoms with Crippen molar-refractivity contribution in [1.29, 1.82) is 0 Å². The van der Waals surface area contributed by atoms with Crippen LogP contribution in [0.25, 0.3) is 0 Å². The highest BCUT2D eigenvalue weighted by atomic mass is 35.5. The summed E-state index contributed by atoms with van der Waals surface area (Å²) in [6, 6.07) is 4.79.